The molecule has 0 saturated heterocycles. The number of carbonyl (C=O) groups excluding carboxylic acids is 3. The maximum Gasteiger partial charge on any atom is 0.306 e. The summed E-state index contributed by atoms with van der Waals surface area (Å²) in [6.07, 6.45) is 4.43. The molecule has 9 heteroatoms. The van der Waals surface area contributed by atoms with Crippen molar-refractivity contribution >= 4 is 17.8 Å². The maximum absolute atomic E-state index is 13.3. The number of aliphatic hydroxyl groups is 1. The van der Waals surface area contributed by atoms with Crippen molar-refractivity contribution in [3.05, 3.63) is 127 Å². The van der Waals surface area contributed by atoms with Gasteiger partial charge in [-0.15, -0.1) is 13.2 Å². The molecule has 0 aliphatic carbocycles. The summed E-state index contributed by atoms with van der Waals surface area (Å²) in [7, 11) is 0. The first-order valence-corrected chi connectivity index (χ1v) is 15.9. The Labute approximate surface area is 277 Å². The van der Waals surface area contributed by atoms with Gasteiger partial charge in [0.25, 0.3) is 0 Å². The van der Waals surface area contributed by atoms with E-state index in [1.165, 1.54) is 0 Å². The van der Waals surface area contributed by atoms with Gasteiger partial charge in [-0.1, -0.05) is 84.9 Å². The van der Waals surface area contributed by atoms with E-state index in [9.17, 15) is 19.5 Å². The van der Waals surface area contributed by atoms with Crippen LogP contribution in [0.15, 0.2) is 110 Å². The van der Waals surface area contributed by atoms with E-state index >= 15 is 0 Å². The van der Waals surface area contributed by atoms with Crippen LogP contribution in [0, 0.1) is 5.92 Å². The molecule has 0 heterocycles. The molecule has 3 N–H and O–H groups in total. The molecule has 9 nitrogen and oxygen atoms in total. The summed E-state index contributed by atoms with van der Waals surface area (Å²) in [6.45, 7) is 7.89. The fourth-order valence-electron chi connectivity index (χ4n) is 4.73. The average molecular weight is 643 g/mol. The Morgan fingerprint density at radius 2 is 1.43 bits per heavy atom. The van der Waals surface area contributed by atoms with Crippen molar-refractivity contribution in [2.45, 2.75) is 57.4 Å². The van der Waals surface area contributed by atoms with Gasteiger partial charge in [0.15, 0.2) is 0 Å². The molecule has 0 bridgehead atoms. The van der Waals surface area contributed by atoms with Gasteiger partial charge in [-0.05, 0) is 48.1 Å². The van der Waals surface area contributed by atoms with Crippen molar-refractivity contribution in [3.8, 4) is 5.75 Å². The molecule has 0 fully saturated rings. The lowest BCUT2D eigenvalue weighted by atomic mass is 9.98. The van der Waals surface area contributed by atoms with Gasteiger partial charge >= 0.3 is 5.97 Å². The topological polar surface area (TPSA) is 123 Å². The highest BCUT2D eigenvalue weighted by molar-refractivity contribution is 5.86. The van der Waals surface area contributed by atoms with Gasteiger partial charge < -0.3 is 30.0 Å². The van der Waals surface area contributed by atoms with Gasteiger partial charge in [-0.2, -0.15) is 0 Å². The van der Waals surface area contributed by atoms with E-state index in [0.717, 1.165) is 22.4 Å². The molecule has 250 valence electrons. The number of aliphatic hydroxyl groups excluding tert-OH is 1. The maximum atomic E-state index is 13.3. The van der Waals surface area contributed by atoms with E-state index in [1.807, 2.05) is 84.9 Å². The van der Waals surface area contributed by atoms with Crippen LogP contribution in [0.4, 0.5) is 0 Å². The third-order valence-corrected chi connectivity index (χ3v) is 7.27. The van der Waals surface area contributed by atoms with Crippen molar-refractivity contribution < 1.29 is 33.7 Å². The Kier molecular flexibility index (Phi) is 16.5. The lowest BCUT2D eigenvalue weighted by molar-refractivity contribution is -0.145. The normalized spacial score (nSPS) is 12.6. The first-order valence-electron chi connectivity index (χ1n) is 15.9. The largest absolute Gasteiger partial charge is 0.489 e. The van der Waals surface area contributed by atoms with Crippen molar-refractivity contribution in [2.75, 3.05) is 19.8 Å². The highest BCUT2D eigenvalue weighted by Gasteiger charge is 2.25. The highest BCUT2D eigenvalue weighted by Crippen LogP contribution is 2.16. The predicted octanol–water partition coefficient (Wildman–Crippen LogP) is 5.08. The van der Waals surface area contributed by atoms with Crippen molar-refractivity contribution in [3.63, 3.8) is 0 Å². The van der Waals surface area contributed by atoms with E-state index in [2.05, 4.69) is 23.8 Å². The van der Waals surface area contributed by atoms with E-state index in [-0.39, 0.29) is 50.9 Å². The lowest BCUT2D eigenvalue weighted by Gasteiger charge is -2.23. The van der Waals surface area contributed by atoms with E-state index in [4.69, 9.17) is 14.2 Å². The molecular weight excluding hydrogens is 596 g/mol. The summed E-state index contributed by atoms with van der Waals surface area (Å²) in [5, 5.41) is 15.7. The number of ether oxygens (including phenoxy) is 3. The first-order chi connectivity index (χ1) is 22.9. The van der Waals surface area contributed by atoms with Crippen molar-refractivity contribution in [2.24, 2.45) is 5.92 Å². The fraction of sp³-hybridized carbons (Fsp3) is 0.342. The monoisotopic (exact) mass is 642 g/mol. The average Bonchev–Trinajstić information content (AvgIpc) is 3.09. The molecule has 0 saturated carbocycles. The quantitative estimate of drug-likeness (QED) is 0.103. The SMILES string of the molecule is C=CCCC(=O)OCC(COCc1ccccc1)NC(=O)C(CC=C)CC(=O)NC(CO)Cc1ccc(OCc2ccccc2)cc1. The number of allylic oxidation sites excluding steroid dienone is 2. The molecule has 0 radical (unpaired) electrons. The van der Waals surface area contributed by atoms with Gasteiger partial charge in [-0.3, -0.25) is 14.4 Å². The molecule has 47 heavy (non-hydrogen) atoms. The van der Waals surface area contributed by atoms with Crippen LogP contribution in [0.1, 0.15) is 42.4 Å². The summed E-state index contributed by atoms with van der Waals surface area (Å²) in [4.78, 5) is 38.5. The van der Waals surface area contributed by atoms with Crippen molar-refractivity contribution in [1.29, 1.82) is 0 Å². The molecule has 3 atom stereocenters. The Balaban J connectivity index is 1.53. The Morgan fingerprint density at radius 1 is 0.766 bits per heavy atom. The first kappa shape index (κ1) is 36.7. The summed E-state index contributed by atoms with van der Waals surface area (Å²) in [5.41, 5.74) is 2.95. The molecule has 3 unspecified atom stereocenters. The van der Waals surface area contributed by atoms with Gasteiger partial charge in [0, 0.05) is 12.8 Å². The van der Waals surface area contributed by atoms with Crippen LogP contribution < -0.4 is 15.4 Å². The Hall–Kier alpha value is -4.73. The minimum absolute atomic E-state index is 0.0772. The number of nitrogens with one attached hydrogen (secondary N) is 2. The summed E-state index contributed by atoms with van der Waals surface area (Å²) in [5.74, 6) is -1.17. The van der Waals surface area contributed by atoms with Crippen LogP contribution in [-0.4, -0.2) is 54.8 Å². The Bertz CT molecular complexity index is 1380. The number of hydrogen-bond donors (Lipinski definition) is 3. The fourth-order valence-corrected chi connectivity index (χ4v) is 4.73. The molecule has 2 amide bonds. The van der Waals surface area contributed by atoms with E-state index in [0.29, 0.717) is 26.1 Å². The summed E-state index contributed by atoms with van der Waals surface area (Å²) >= 11 is 0. The zero-order valence-corrected chi connectivity index (χ0v) is 26.9. The molecule has 0 aromatic heterocycles. The van der Waals surface area contributed by atoms with Crippen LogP contribution in [-0.2, 0) is 43.5 Å². The van der Waals surface area contributed by atoms with Crippen LogP contribution >= 0.6 is 0 Å². The number of hydrogen-bond acceptors (Lipinski definition) is 7. The van der Waals surface area contributed by atoms with Crippen LogP contribution in [0.3, 0.4) is 0 Å². The lowest BCUT2D eigenvalue weighted by Crippen LogP contribution is -2.46. The smallest absolute Gasteiger partial charge is 0.306 e. The second kappa shape index (κ2) is 21.1. The summed E-state index contributed by atoms with van der Waals surface area (Å²) in [6, 6.07) is 25.8. The predicted molar refractivity (Wildman–Crippen MR) is 181 cm³/mol. The van der Waals surface area contributed by atoms with Gasteiger partial charge in [0.2, 0.25) is 11.8 Å². The zero-order valence-electron chi connectivity index (χ0n) is 26.9. The van der Waals surface area contributed by atoms with Crippen LogP contribution in [0.5, 0.6) is 5.75 Å². The zero-order chi connectivity index (χ0) is 33.7. The molecule has 3 aromatic carbocycles. The van der Waals surface area contributed by atoms with Gasteiger partial charge in [0.05, 0.1) is 37.8 Å². The second-order valence-corrected chi connectivity index (χ2v) is 11.2. The number of carbonyl (C=O) groups is 3. The minimum Gasteiger partial charge on any atom is -0.489 e. The third-order valence-electron chi connectivity index (χ3n) is 7.27. The molecule has 0 aliphatic rings. The van der Waals surface area contributed by atoms with Gasteiger partial charge in [-0.25, -0.2) is 0 Å². The minimum atomic E-state index is -0.721. The molecule has 0 spiro atoms. The second-order valence-electron chi connectivity index (χ2n) is 11.2. The Morgan fingerprint density at radius 3 is 2.04 bits per heavy atom. The summed E-state index contributed by atoms with van der Waals surface area (Å²) < 4.78 is 17.0. The number of rotatable bonds is 22. The number of esters is 1. The molecule has 3 rings (SSSR count). The highest BCUT2D eigenvalue weighted by atomic mass is 16.5. The standard InChI is InChI=1S/C38H46N2O7/c1-3-5-17-37(43)47-28-34(27-45-25-30-13-8-6-9-14-30)40-38(44)32(12-4-2)23-36(42)39-33(24-41)22-29-18-20-35(21-19-29)46-26-31-15-10-7-11-16-31/h3-4,6-11,13-16,18-21,32-34,41H,1-2,5,12,17,22-28H2,(H,39,42)(H,40,44). The van der Waals surface area contributed by atoms with Crippen molar-refractivity contribution in [1.82, 2.24) is 10.6 Å². The molecule has 3 aromatic rings. The van der Waals surface area contributed by atoms with Gasteiger partial charge in [0.1, 0.15) is 19.0 Å². The van der Waals surface area contributed by atoms with E-state index in [1.54, 1.807) is 12.2 Å². The molecule has 0 aliphatic heterocycles. The van der Waals surface area contributed by atoms with Crippen LogP contribution in [0.2, 0.25) is 0 Å². The number of amides is 2. The third kappa shape index (κ3) is 14.5. The van der Waals surface area contributed by atoms with Crippen LogP contribution in [0.25, 0.3) is 0 Å². The van der Waals surface area contributed by atoms with E-state index < -0.39 is 24.0 Å². The number of benzene rings is 3. The molecular formula is C38H46N2O7.